The summed E-state index contributed by atoms with van der Waals surface area (Å²) in [6.07, 6.45) is 0.305. The fraction of sp³-hybridized carbons (Fsp3) is 0.400. The molecule has 0 radical (unpaired) electrons. The van der Waals surface area contributed by atoms with E-state index in [1.165, 1.54) is 12.1 Å². The van der Waals surface area contributed by atoms with Gasteiger partial charge in [-0.3, -0.25) is 4.90 Å². The van der Waals surface area contributed by atoms with E-state index in [9.17, 15) is 9.50 Å². The Hall–Kier alpha value is -2.70. The van der Waals surface area contributed by atoms with Crippen LogP contribution >= 0.6 is 0 Å². The minimum atomic E-state index is -0.393. The van der Waals surface area contributed by atoms with Crippen molar-refractivity contribution in [3.63, 3.8) is 0 Å². The van der Waals surface area contributed by atoms with E-state index in [-0.39, 0.29) is 5.82 Å². The first-order valence-electron chi connectivity index (χ1n) is 10.8. The highest BCUT2D eigenvalue weighted by Crippen LogP contribution is 2.32. The number of aromatic nitrogens is 2. The lowest BCUT2D eigenvalue weighted by molar-refractivity contribution is 0.0980. The van der Waals surface area contributed by atoms with Gasteiger partial charge in [-0.15, -0.1) is 0 Å². The number of aryl methyl sites for hydroxylation is 1. The van der Waals surface area contributed by atoms with E-state index in [0.717, 1.165) is 23.5 Å². The van der Waals surface area contributed by atoms with Gasteiger partial charge in [-0.1, -0.05) is 45.0 Å². The molecule has 1 N–H and O–H groups in total. The topological polar surface area (TPSA) is 50.5 Å². The molecule has 0 aliphatic carbocycles. The highest BCUT2D eigenvalue weighted by Gasteiger charge is 2.23. The lowest BCUT2D eigenvalue weighted by Gasteiger charge is -2.26. The molecule has 0 fully saturated rings. The Kier molecular flexibility index (Phi) is 7.82. The molecule has 166 valence electrons. The summed E-state index contributed by atoms with van der Waals surface area (Å²) in [5.74, 6) is 1.08. The molecule has 0 aliphatic heterocycles. The number of aliphatic hydroxyl groups excluding tert-OH is 1. The van der Waals surface area contributed by atoms with Gasteiger partial charge in [0.05, 0.1) is 23.0 Å². The van der Waals surface area contributed by atoms with Crippen molar-refractivity contribution in [1.82, 2.24) is 14.7 Å². The SMILES string of the molecule is CC[C@H](O)CN(Cc1c(C)nn(-c2ccccc2)c1Oc1cccc(F)c1)CC(C)C. The first-order valence-corrected chi connectivity index (χ1v) is 10.8. The third-order valence-electron chi connectivity index (χ3n) is 5.09. The van der Waals surface area contributed by atoms with Crippen molar-refractivity contribution in [3.05, 3.63) is 71.7 Å². The fourth-order valence-corrected chi connectivity index (χ4v) is 3.58. The van der Waals surface area contributed by atoms with Crippen LogP contribution in [0.1, 0.15) is 38.4 Å². The number of para-hydroxylation sites is 1. The molecule has 3 aromatic rings. The van der Waals surface area contributed by atoms with E-state index in [0.29, 0.717) is 37.1 Å². The van der Waals surface area contributed by atoms with Gasteiger partial charge in [0.25, 0.3) is 0 Å². The van der Waals surface area contributed by atoms with Crippen molar-refractivity contribution in [2.45, 2.75) is 46.8 Å². The number of nitrogens with zero attached hydrogens (tertiary/aromatic N) is 3. The van der Waals surface area contributed by atoms with Gasteiger partial charge >= 0.3 is 0 Å². The zero-order valence-electron chi connectivity index (χ0n) is 18.8. The van der Waals surface area contributed by atoms with Crippen LogP contribution in [-0.4, -0.2) is 39.0 Å². The molecule has 0 saturated heterocycles. The average molecular weight is 426 g/mol. The Labute approximate surface area is 184 Å². The summed E-state index contributed by atoms with van der Waals surface area (Å²) in [7, 11) is 0. The van der Waals surface area contributed by atoms with E-state index < -0.39 is 6.10 Å². The lowest BCUT2D eigenvalue weighted by atomic mass is 10.1. The summed E-state index contributed by atoms with van der Waals surface area (Å²) >= 11 is 0. The average Bonchev–Trinajstić information content (AvgIpc) is 3.03. The Bertz CT molecular complexity index is 972. The second-order valence-corrected chi connectivity index (χ2v) is 8.33. The van der Waals surface area contributed by atoms with Gasteiger partial charge in [0.1, 0.15) is 11.6 Å². The Balaban J connectivity index is 2.02. The largest absolute Gasteiger partial charge is 0.438 e. The van der Waals surface area contributed by atoms with Crippen LogP contribution in [0.15, 0.2) is 54.6 Å². The fourth-order valence-electron chi connectivity index (χ4n) is 3.58. The van der Waals surface area contributed by atoms with Crippen molar-refractivity contribution < 1.29 is 14.2 Å². The van der Waals surface area contributed by atoms with Crippen molar-refractivity contribution in [1.29, 1.82) is 0 Å². The number of hydrogen-bond donors (Lipinski definition) is 1. The molecule has 5 nitrogen and oxygen atoms in total. The second kappa shape index (κ2) is 10.6. The molecule has 0 bridgehead atoms. The summed E-state index contributed by atoms with van der Waals surface area (Å²) in [5.41, 5.74) is 2.64. The smallest absolute Gasteiger partial charge is 0.227 e. The third kappa shape index (κ3) is 6.15. The van der Waals surface area contributed by atoms with E-state index in [4.69, 9.17) is 9.84 Å². The molecule has 3 rings (SSSR count). The Morgan fingerprint density at radius 1 is 1.10 bits per heavy atom. The van der Waals surface area contributed by atoms with Crippen LogP contribution in [0.25, 0.3) is 5.69 Å². The van der Waals surface area contributed by atoms with Gasteiger partial charge in [0.2, 0.25) is 5.88 Å². The normalized spacial score (nSPS) is 12.5. The standard InChI is InChI=1S/C25H32FN3O2/c1-5-22(30)16-28(15-18(2)3)17-24-19(4)27-29(21-11-7-6-8-12-21)25(24)31-23-13-9-10-20(26)14-23/h6-14,18,22,30H,5,15-17H2,1-4H3/t22-/m0/s1. The summed E-state index contributed by atoms with van der Waals surface area (Å²) in [6, 6.07) is 15.9. The zero-order valence-corrected chi connectivity index (χ0v) is 18.8. The number of aliphatic hydroxyl groups is 1. The monoisotopic (exact) mass is 425 g/mol. The van der Waals surface area contributed by atoms with Crippen LogP contribution in [0, 0.1) is 18.7 Å². The summed E-state index contributed by atoms with van der Waals surface area (Å²) < 4.78 is 21.8. The number of hydrogen-bond acceptors (Lipinski definition) is 4. The maximum Gasteiger partial charge on any atom is 0.227 e. The summed E-state index contributed by atoms with van der Waals surface area (Å²) in [6.45, 7) is 10.3. The molecule has 0 aliphatic rings. The zero-order chi connectivity index (χ0) is 22.4. The number of ether oxygens (including phenoxy) is 1. The molecular formula is C25H32FN3O2. The van der Waals surface area contributed by atoms with Crippen LogP contribution in [0.4, 0.5) is 4.39 Å². The van der Waals surface area contributed by atoms with Crippen LogP contribution in [-0.2, 0) is 6.54 Å². The third-order valence-corrected chi connectivity index (χ3v) is 5.09. The molecule has 0 saturated carbocycles. The van der Waals surface area contributed by atoms with Crippen LogP contribution in [0.3, 0.4) is 0 Å². The Morgan fingerprint density at radius 2 is 1.84 bits per heavy atom. The minimum absolute atomic E-state index is 0.353. The molecule has 0 unspecified atom stereocenters. The first-order chi connectivity index (χ1) is 14.9. The number of benzene rings is 2. The summed E-state index contributed by atoms with van der Waals surface area (Å²) in [5, 5.41) is 15.0. The molecule has 1 atom stereocenters. The molecule has 0 spiro atoms. The van der Waals surface area contributed by atoms with Gasteiger partial charge in [-0.25, -0.2) is 9.07 Å². The van der Waals surface area contributed by atoms with Crippen molar-refractivity contribution >= 4 is 0 Å². The van der Waals surface area contributed by atoms with Gasteiger partial charge in [0, 0.05) is 25.7 Å². The molecule has 0 amide bonds. The van der Waals surface area contributed by atoms with Crippen molar-refractivity contribution in [2.75, 3.05) is 13.1 Å². The second-order valence-electron chi connectivity index (χ2n) is 8.33. The van der Waals surface area contributed by atoms with Gasteiger partial charge in [-0.2, -0.15) is 5.10 Å². The van der Waals surface area contributed by atoms with Gasteiger partial charge < -0.3 is 9.84 Å². The predicted molar refractivity (Wildman–Crippen MR) is 121 cm³/mol. The van der Waals surface area contributed by atoms with E-state index in [1.807, 2.05) is 44.2 Å². The van der Waals surface area contributed by atoms with Crippen molar-refractivity contribution in [3.8, 4) is 17.3 Å². The van der Waals surface area contributed by atoms with Crippen molar-refractivity contribution in [2.24, 2.45) is 5.92 Å². The molecule has 1 heterocycles. The lowest BCUT2D eigenvalue weighted by Crippen LogP contribution is -2.34. The van der Waals surface area contributed by atoms with E-state index >= 15 is 0 Å². The van der Waals surface area contributed by atoms with Gasteiger partial charge in [0.15, 0.2) is 0 Å². The Morgan fingerprint density at radius 3 is 2.48 bits per heavy atom. The van der Waals surface area contributed by atoms with Crippen LogP contribution in [0.2, 0.25) is 0 Å². The predicted octanol–water partition coefficient (Wildman–Crippen LogP) is 5.34. The highest BCUT2D eigenvalue weighted by molar-refractivity contribution is 5.43. The van der Waals surface area contributed by atoms with Gasteiger partial charge in [-0.05, 0) is 43.5 Å². The quantitative estimate of drug-likeness (QED) is 0.476. The maximum absolute atomic E-state index is 13.8. The van der Waals surface area contributed by atoms with E-state index in [1.54, 1.807) is 16.8 Å². The summed E-state index contributed by atoms with van der Waals surface area (Å²) in [4.78, 5) is 2.23. The molecule has 31 heavy (non-hydrogen) atoms. The number of halogens is 1. The van der Waals surface area contributed by atoms with Crippen LogP contribution < -0.4 is 4.74 Å². The molecule has 2 aromatic carbocycles. The highest BCUT2D eigenvalue weighted by atomic mass is 19.1. The number of rotatable bonds is 10. The molecular weight excluding hydrogens is 393 g/mol. The molecule has 6 heteroatoms. The van der Waals surface area contributed by atoms with Crippen LogP contribution in [0.5, 0.6) is 11.6 Å². The maximum atomic E-state index is 13.8. The first kappa shape index (κ1) is 23.0. The van der Waals surface area contributed by atoms with E-state index in [2.05, 4.69) is 18.7 Å². The minimum Gasteiger partial charge on any atom is -0.438 e. The molecule has 1 aromatic heterocycles.